The van der Waals surface area contributed by atoms with Crippen molar-refractivity contribution in [1.82, 2.24) is 9.97 Å². The third-order valence-electron chi connectivity index (χ3n) is 4.29. The fourth-order valence-electron chi connectivity index (χ4n) is 3.12. The Labute approximate surface area is 130 Å². The zero-order chi connectivity index (χ0) is 14.8. The predicted octanol–water partition coefficient (Wildman–Crippen LogP) is 3.28. The number of nitrogens with zero attached hydrogens (tertiary/aromatic N) is 3. The molecule has 1 aliphatic heterocycles. The van der Waals surface area contributed by atoms with Gasteiger partial charge in [-0.1, -0.05) is 30.3 Å². The molecule has 1 aromatic heterocycles. The molecule has 1 N–H and O–H groups in total. The van der Waals surface area contributed by atoms with Crippen LogP contribution in [0.1, 0.15) is 6.42 Å². The Morgan fingerprint density at radius 1 is 0.773 bits per heavy atom. The quantitative estimate of drug-likeness (QED) is 0.787. The molecule has 0 radical (unpaired) electrons. The highest BCUT2D eigenvalue weighted by molar-refractivity contribution is 5.77. The van der Waals surface area contributed by atoms with Gasteiger partial charge in [0.15, 0.2) is 0 Å². The zero-order valence-corrected chi connectivity index (χ0v) is 12.6. The molecule has 1 saturated heterocycles. The lowest BCUT2D eigenvalue weighted by Crippen LogP contribution is -2.31. The number of fused-ring (bicyclic) bond motifs is 1. The van der Waals surface area contributed by atoms with Crippen LogP contribution >= 0.6 is 0 Å². The number of anilines is 2. The lowest BCUT2D eigenvalue weighted by Gasteiger charge is -2.23. The van der Waals surface area contributed by atoms with Crippen LogP contribution in [0, 0.1) is 0 Å². The van der Waals surface area contributed by atoms with Crippen molar-refractivity contribution in [2.75, 3.05) is 36.0 Å². The molecule has 112 valence electrons. The fraction of sp³-hybridized carbons (Fsp3) is 0.278. The summed E-state index contributed by atoms with van der Waals surface area (Å²) in [6.07, 6.45) is 1.14. The molecule has 4 heteroatoms. The molecule has 0 unspecified atom stereocenters. The molecular weight excluding hydrogens is 272 g/mol. The first-order valence-corrected chi connectivity index (χ1v) is 7.90. The summed E-state index contributed by atoms with van der Waals surface area (Å²) in [5, 5.41) is 0. The maximum Gasteiger partial charge on any atom is 0.203 e. The molecule has 0 bridgehead atoms. The average Bonchev–Trinajstić information content (AvgIpc) is 2.85. The average molecular weight is 292 g/mol. The molecule has 2 heterocycles. The maximum absolute atomic E-state index is 4.73. The molecule has 0 amide bonds. The van der Waals surface area contributed by atoms with Crippen LogP contribution in [0.3, 0.4) is 0 Å². The number of imidazole rings is 1. The highest BCUT2D eigenvalue weighted by Gasteiger charge is 2.17. The van der Waals surface area contributed by atoms with Crippen molar-refractivity contribution in [1.29, 1.82) is 0 Å². The van der Waals surface area contributed by atoms with Crippen molar-refractivity contribution in [3.8, 4) is 0 Å². The summed E-state index contributed by atoms with van der Waals surface area (Å²) in [5.74, 6) is 0.996. The summed E-state index contributed by atoms with van der Waals surface area (Å²) >= 11 is 0. The molecule has 0 aliphatic carbocycles. The van der Waals surface area contributed by atoms with Gasteiger partial charge in [-0.2, -0.15) is 0 Å². The van der Waals surface area contributed by atoms with Crippen LogP contribution in [0.4, 0.5) is 11.6 Å². The number of H-pyrrole nitrogens is 1. The van der Waals surface area contributed by atoms with Crippen LogP contribution < -0.4 is 9.80 Å². The Morgan fingerprint density at radius 3 is 2.36 bits per heavy atom. The Kier molecular flexibility index (Phi) is 3.43. The number of hydrogen-bond donors (Lipinski definition) is 1. The highest BCUT2D eigenvalue weighted by Crippen LogP contribution is 2.20. The van der Waals surface area contributed by atoms with Gasteiger partial charge in [-0.25, -0.2) is 4.98 Å². The van der Waals surface area contributed by atoms with Gasteiger partial charge < -0.3 is 14.8 Å². The van der Waals surface area contributed by atoms with Crippen LogP contribution in [-0.4, -0.2) is 36.1 Å². The minimum Gasteiger partial charge on any atom is -0.370 e. The van der Waals surface area contributed by atoms with Crippen molar-refractivity contribution in [2.24, 2.45) is 0 Å². The maximum atomic E-state index is 4.73. The van der Waals surface area contributed by atoms with E-state index in [2.05, 4.69) is 57.2 Å². The van der Waals surface area contributed by atoms with Gasteiger partial charge in [0.1, 0.15) is 0 Å². The first-order valence-electron chi connectivity index (χ1n) is 7.90. The Bertz CT molecular complexity index is 717. The topological polar surface area (TPSA) is 35.2 Å². The number of benzene rings is 2. The molecule has 1 fully saturated rings. The first-order chi connectivity index (χ1) is 10.9. The lowest BCUT2D eigenvalue weighted by molar-refractivity contribution is 0.791. The second-order valence-electron chi connectivity index (χ2n) is 5.74. The summed E-state index contributed by atoms with van der Waals surface area (Å²) in [6, 6.07) is 18.9. The van der Waals surface area contributed by atoms with Crippen LogP contribution in [0.25, 0.3) is 11.0 Å². The van der Waals surface area contributed by atoms with Crippen molar-refractivity contribution < 1.29 is 0 Å². The largest absolute Gasteiger partial charge is 0.370 e. The van der Waals surface area contributed by atoms with E-state index in [9.17, 15) is 0 Å². The van der Waals surface area contributed by atoms with Gasteiger partial charge in [-0.3, -0.25) is 0 Å². The zero-order valence-electron chi connectivity index (χ0n) is 12.6. The summed E-state index contributed by atoms with van der Waals surface area (Å²) in [4.78, 5) is 13.0. The molecule has 3 aromatic rings. The van der Waals surface area contributed by atoms with E-state index in [0.29, 0.717) is 0 Å². The molecule has 2 aromatic carbocycles. The number of aromatic nitrogens is 2. The number of aromatic amines is 1. The van der Waals surface area contributed by atoms with E-state index in [1.807, 2.05) is 12.1 Å². The Hall–Kier alpha value is -2.49. The Morgan fingerprint density at radius 2 is 1.50 bits per heavy atom. The second kappa shape index (κ2) is 5.72. The summed E-state index contributed by atoms with van der Waals surface area (Å²) in [7, 11) is 0. The lowest BCUT2D eigenvalue weighted by atomic mass is 10.3. The third kappa shape index (κ3) is 2.52. The molecule has 22 heavy (non-hydrogen) atoms. The van der Waals surface area contributed by atoms with Gasteiger partial charge in [-0.05, 0) is 30.7 Å². The molecular formula is C18H20N4. The minimum atomic E-state index is 0.995. The van der Waals surface area contributed by atoms with E-state index in [0.717, 1.165) is 49.6 Å². The summed E-state index contributed by atoms with van der Waals surface area (Å²) in [6.45, 7) is 4.17. The van der Waals surface area contributed by atoms with Gasteiger partial charge >= 0.3 is 0 Å². The monoisotopic (exact) mass is 292 g/mol. The van der Waals surface area contributed by atoms with E-state index >= 15 is 0 Å². The number of para-hydroxylation sites is 3. The third-order valence-corrected chi connectivity index (χ3v) is 4.29. The van der Waals surface area contributed by atoms with Gasteiger partial charge in [0.05, 0.1) is 11.0 Å². The van der Waals surface area contributed by atoms with Crippen molar-refractivity contribution in [2.45, 2.75) is 6.42 Å². The molecule has 0 atom stereocenters. The highest BCUT2D eigenvalue weighted by atomic mass is 15.3. The van der Waals surface area contributed by atoms with Crippen molar-refractivity contribution in [3.05, 3.63) is 54.6 Å². The van der Waals surface area contributed by atoms with Gasteiger partial charge in [-0.15, -0.1) is 0 Å². The van der Waals surface area contributed by atoms with E-state index < -0.39 is 0 Å². The smallest absolute Gasteiger partial charge is 0.203 e. The molecule has 0 saturated carbocycles. The molecule has 4 rings (SSSR count). The van der Waals surface area contributed by atoms with Crippen LogP contribution in [0.15, 0.2) is 54.6 Å². The van der Waals surface area contributed by atoms with Gasteiger partial charge in [0.25, 0.3) is 0 Å². The van der Waals surface area contributed by atoms with E-state index in [-0.39, 0.29) is 0 Å². The standard InChI is InChI=1S/C18H20N4/c1-2-7-15(8-3-1)21-11-6-12-22(14-13-21)18-19-16-9-4-5-10-17(16)20-18/h1-5,7-10H,6,11-14H2,(H,19,20). The van der Waals surface area contributed by atoms with Gasteiger partial charge in [0, 0.05) is 31.9 Å². The second-order valence-corrected chi connectivity index (χ2v) is 5.74. The number of rotatable bonds is 2. The van der Waals surface area contributed by atoms with E-state index in [1.165, 1.54) is 5.69 Å². The van der Waals surface area contributed by atoms with Crippen molar-refractivity contribution >= 4 is 22.7 Å². The Balaban J connectivity index is 1.53. The molecule has 1 aliphatic rings. The minimum absolute atomic E-state index is 0.995. The predicted molar refractivity (Wildman–Crippen MR) is 91.6 cm³/mol. The number of nitrogens with one attached hydrogen (secondary N) is 1. The number of hydrogen-bond acceptors (Lipinski definition) is 3. The van der Waals surface area contributed by atoms with Crippen LogP contribution in [0.2, 0.25) is 0 Å². The van der Waals surface area contributed by atoms with E-state index in [4.69, 9.17) is 4.98 Å². The SMILES string of the molecule is c1ccc(N2CCCN(c3nc4ccccc4[nH]3)CC2)cc1. The molecule has 4 nitrogen and oxygen atoms in total. The summed E-state index contributed by atoms with van der Waals surface area (Å²) in [5.41, 5.74) is 3.47. The fourth-order valence-corrected chi connectivity index (χ4v) is 3.12. The first kappa shape index (κ1) is 13.2. The van der Waals surface area contributed by atoms with Crippen molar-refractivity contribution in [3.63, 3.8) is 0 Å². The van der Waals surface area contributed by atoms with Gasteiger partial charge in [0.2, 0.25) is 5.95 Å². The normalized spacial score (nSPS) is 16.0. The van der Waals surface area contributed by atoms with E-state index in [1.54, 1.807) is 0 Å². The van der Waals surface area contributed by atoms with Crippen LogP contribution in [-0.2, 0) is 0 Å². The summed E-state index contributed by atoms with van der Waals surface area (Å²) < 4.78 is 0. The molecule has 0 spiro atoms. The van der Waals surface area contributed by atoms with Crippen LogP contribution in [0.5, 0.6) is 0 Å².